The molecular formula is C18H18O2. The maximum absolute atomic E-state index is 10.5. The minimum absolute atomic E-state index is 0.0962. The molecule has 2 N–H and O–H groups in total. The summed E-state index contributed by atoms with van der Waals surface area (Å²) in [6, 6.07) is 12.5. The second kappa shape index (κ2) is 3.94. The van der Waals surface area contributed by atoms with Gasteiger partial charge in [-0.1, -0.05) is 36.4 Å². The third-order valence-electron chi connectivity index (χ3n) is 5.04. The van der Waals surface area contributed by atoms with Crippen LogP contribution in [0.1, 0.15) is 45.2 Å². The summed E-state index contributed by atoms with van der Waals surface area (Å²) in [6.45, 7) is 4.20. The maximum atomic E-state index is 10.5. The number of aryl methyl sites for hydroxylation is 2. The van der Waals surface area contributed by atoms with Gasteiger partial charge in [-0.25, -0.2) is 0 Å². The summed E-state index contributed by atoms with van der Waals surface area (Å²) in [4.78, 5) is 0. The van der Waals surface area contributed by atoms with Gasteiger partial charge < -0.3 is 10.2 Å². The van der Waals surface area contributed by atoms with Crippen LogP contribution >= 0.6 is 0 Å². The fourth-order valence-electron chi connectivity index (χ4n) is 4.17. The van der Waals surface area contributed by atoms with Gasteiger partial charge in [0.15, 0.2) is 0 Å². The number of aliphatic hydroxyl groups is 2. The molecule has 2 heteroatoms. The number of hydrogen-bond acceptors (Lipinski definition) is 2. The number of aliphatic hydroxyl groups excluding tert-OH is 2. The zero-order valence-corrected chi connectivity index (χ0v) is 11.7. The molecule has 2 bridgehead atoms. The van der Waals surface area contributed by atoms with Gasteiger partial charge in [0.25, 0.3) is 0 Å². The van der Waals surface area contributed by atoms with Crippen LogP contribution in [-0.2, 0) is 0 Å². The average molecular weight is 266 g/mol. The van der Waals surface area contributed by atoms with Crippen LogP contribution in [0.25, 0.3) is 0 Å². The lowest BCUT2D eigenvalue weighted by atomic mass is 9.59. The van der Waals surface area contributed by atoms with Crippen molar-refractivity contribution in [3.8, 4) is 0 Å². The summed E-state index contributed by atoms with van der Waals surface area (Å²) < 4.78 is 0. The third kappa shape index (κ3) is 1.31. The second-order valence-electron chi connectivity index (χ2n) is 6.09. The van der Waals surface area contributed by atoms with E-state index in [1.807, 2.05) is 12.1 Å². The second-order valence-corrected chi connectivity index (χ2v) is 6.09. The minimum atomic E-state index is -0.706. The van der Waals surface area contributed by atoms with Crippen LogP contribution in [-0.4, -0.2) is 22.4 Å². The number of fused-ring (bicyclic) bond motifs is 1. The molecule has 4 atom stereocenters. The summed E-state index contributed by atoms with van der Waals surface area (Å²) in [5.74, 6) is -0.192. The lowest BCUT2D eigenvalue weighted by Crippen LogP contribution is -2.47. The topological polar surface area (TPSA) is 40.5 Å². The molecule has 20 heavy (non-hydrogen) atoms. The summed E-state index contributed by atoms with van der Waals surface area (Å²) in [5.41, 5.74) is 7.23. The highest BCUT2D eigenvalue weighted by Crippen LogP contribution is 2.54. The predicted molar refractivity (Wildman–Crippen MR) is 78.1 cm³/mol. The van der Waals surface area contributed by atoms with Crippen molar-refractivity contribution in [1.82, 2.24) is 0 Å². The van der Waals surface area contributed by atoms with Crippen molar-refractivity contribution >= 4 is 0 Å². The average Bonchev–Trinajstić information content (AvgIpc) is 2.46. The molecule has 3 aliphatic carbocycles. The smallest absolute Gasteiger partial charge is 0.0917 e. The zero-order valence-electron chi connectivity index (χ0n) is 11.7. The lowest BCUT2D eigenvalue weighted by molar-refractivity contribution is -0.0157. The molecule has 0 aromatic heterocycles. The molecule has 2 aromatic rings. The molecule has 0 spiro atoms. The Balaban J connectivity index is 2.11. The molecule has 2 nitrogen and oxygen atoms in total. The van der Waals surface area contributed by atoms with Crippen molar-refractivity contribution in [3.63, 3.8) is 0 Å². The van der Waals surface area contributed by atoms with Gasteiger partial charge in [-0.2, -0.15) is 0 Å². The molecule has 2 aromatic carbocycles. The Kier molecular flexibility index (Phi) is 2.39. The zero-order chi connectivity index (χ0) is 14.0. The van der Waals surface area contributed by atoms with E-state index in [-0.39, 0.29) is 11.8 Å². The maximum Gasteiger partial charge on any atom is 0.0917 e. The van der Waals surface area contributed by atoms with Crippen molar-refractivity contribution in [2.45, 2.75) is 37.9 Å². The van der Waals surface area contributed by atoms with Crippen molar-refractivity contribution < 1.29 is 10.2 Å². The Morgan fingerprint density at radius 1 is 0.700 bits per heavy atom. The molecule has 0 saturated heterocycles. The standard InChI is InChI=1S/C18H18O2/c1-9-7-8-10(2)14-13(9)15-11-5-3-4-6-12(11)16(14)18(20)17(15)19/h3-8,15-20H,1-2H3/t15-,16-,17+,18+/m1/s1. The first-order valence-corrected chi connectivity index (χ1v) is 7.16. The van der Waals surface area contributed by atoms with E-state index in [2.05, 4.69) is 38.1 Å². The highest BCUT2D eigenvalue weighted by atomic mass is 16.3. The lowest BCUT2D eigenvalue weighted by Gasteiger charge is -2.48. The Hall–Kier alpha value is -1.64. The highest BCUT2D eigenvalue weighted by molar-refractivity contribution is 5.61. The van der Waals surface area contributed by atoms with Crippen LogP contribution in [0, 0.1) is 13.8 Å². The molecule has 0 radical (unpaired) electrons. The van der Waals surface area contributed by atoms with Gasteiger partial charge in [0.05, 0.1) is 12.2 Å². The van der Waals surface area contributed by atoms with Crippen molar-refractivity contribution in [1.29, 1.82) is 0 Å². The van der Waals surface area contributed by atoms with Crippen LogP contribution in [0.3, 0.4) is 0 Å². The Morgan fingerprint density at radius 3 is 1.50 bits per heavy atom. The van der Waals surface area contributed by atoms with Crippen molar-refractivity contribution in [3.05, 3.63) is 69.8 Å². The Morgan fingerprint density at radius 2 is 1.10 bits per heavy atom. The van der Waals surface area contributed by atoms with Gasteiger partial charge in [-0.15, -0.1) is 0 Å². The predicted octanol–water partition coefficient (Wildman–Crippen LogP) is 2.62. The third-order valence-corrected chi connectivity index (χ3v) is 5.04. The van der Waals surface area contributed by atoms with Gasteiger partial charge in [0.1, 0.15) is 0 Å². The van der Waals surface area contributed by atoms with E-state index in [0.717, 1.165) is 0 Å². The summed E-state index contributed by atoms with van der Waals surface area (Å²) in [5, 5.41) is 21.1. The van der Waals surface area contributed by atoms with Crippen LogP contribution in [0.2, 0.25) is 0 Å². The molecule has 0 amide bonds. The number of rotatable bonds is 0. The van der Waals surface area contributed by atoms with Crippen LogP contribution in [0.4, 0.5) is 0 Å². The summed E-state index contributed by atoms with van der Waals surface area (Å²) in [7, 11) is 0. The first-order valence-electron chi connectivity index (χ1n) is 7.16. The quantitative estimate of drug-likeness (QED) is 0.769. The molecule has 0 fully saturated rings. The van der Waals surface area contributed by atoms with Crippen LogP contribution in [0.15, 0.2) is 36.4 Å². The van der Waals surface area contributed by atoms with Crippen LogP contribution < -0.4 is 0 Å². The SMILES string of the molecule is Cc1ccc(C)c2c1[C@H]1c3ccccc3[C@H]2[C@H](O)[C@H]1O. The minimum Gasteiger partial charge on any atom is -0.389 e. The number of benzene rings is 2. The molecule has 102 valence electrons. The first kappa shape index (κ1) is 12.1. The van der Waals surface area contributed by atoms with E-state index in [0.29, 0.717) is 0 Å². The molecule has 0 aliphatic heterocycles. The molecule has 0 heterocycles. The summed E-state index contributed by atoms with van der Waals surface area (Å²) >= 11 is 0. The van der Waals surface area contributed by atoms with E-state index >= 15 is 0 Å². The molecule has 3 aliphatic rings. The first-order chi connectivity index (χ1) is 9.61. The van der Waals surface area contributed by atoms with Gasteiger partial charge in [-0.3, -0.25) is 0 Å². The Labute approximate surface area is 118 Å². The fraction of sp³-hybridized carbons (Fsp3) is 0.333. The highest BCUT2D eigenvalue weighted by Gasteiger charge is 2.49. The van der Waals surface area contributed by atoms with Crippen molar-refractivity contribution in [2.75, 3.05) is 0 Å². The van der Waals surface area contributed by atoms with Crippen LogP contribution in [0.5, 0.6) is 0 Å². The van der Waals surface area contributed by atoms with Gasteiger partial charge in [0.2, 0.25) is 0 Å². The van der Waals surface area contributed by atoms with E-state index in [1.54, 1.807) is 0 Å². The number of hydrogen-bond donors (Lipinski definition) is 2. The van der Waals surface area contributed by atoms with E-state index in [4.69, 9.17) is 0 Å². The van der Waals surface area contributed by atoms with Crippen molar-refractivity contribution in [2.24, 2.45) is 0 Å². The normalized spacial score (nSPS) is 30.0. The fourth-order valence-corrected chi connectivity index (χ4v) is 4.17. The largest absolute Gasteiger partial charge is 0.389 e. The van der Waals surface area contributed by atoms with E-state index < -0.39 is 12.2 Å². The molecule has 5 rings (SSSR count). The molecule has 0 unspecified atom stereocenters. The van der Waals surface area contributed by atoms with Gasteiger partial charge in [-0.05, 0) is 47.2 Å². The van der Waals surface area contributed by atoms with E-state index in [9.17, 15) is 10.2 Å². The van der Waals surface area contributed by atoms with Gasteiger partial charge in [0, 0.05) is 11.8 Å². The van der Waals surface area contributed by atoms with Gasteiger partial charge >= 0.3 is 0 Å². The summed E-state index contributed by atoms with van der Waals surface area (Å²) in [6.07, 6.45) is -1.41. The molecular weight excluding hydrogens is 248 g/mol. The molecule has 0 saturated carbocycles. The van der Waals surface area contributed by atoms with E-state index in [1.165, 1.54) is 33.4 Å². The Bertz CT molecular complexity index is 645. The monoisotopic (exact) mass is 266 g/mol.